The van der Waals surface area contributed by atoms with Crippen LogP contribution in [0.4, 0.5) is 0 Å². The fourth-order valence-electron chi connectivity index (χ4n) is 5.35. The van der Waals surface area contributed by atoms with Crippen LogP contribution in [0.5, 0.6) is 11.5 Å². The van der Waals surface area contributed by atoms with Crippen molar-refractivity contribution in [2.24, 2.45) is 10.2 Å². The Bertz CT molecular complexity index is 2290. The fourth-order valence-corrected chi connectivity index (χ4v) is 7.89. The third-order valence-electron chi connectivity index (χ3n) is 7.92. The number of methoxy groups -OCH3 is 2. The van der Waals surface area contributed by atoms with Gasteiger partial charge in [-0.3, -0.25) is 0 Å². The van der Waals surface area contributed by atoms with E-state index in [2.05, 4.69) is 10.2 Å². The molecule has 7 rings (SSSR count). The monoisotopic (exact) mass is 676 g/mol. The zero-order chi connectivity index (χ0) is 33.5. The van der Waals surface area contributed by atoms with E-state index >= 15 is 0 Å². The van der Waals surface area contributed by atoms with Gasteiger partial charge in [0.05, 0.1) is 24.0 Å². The maximum Gasteiger partial charge on any atom is 0.285 e. The van der Waals surface area contributed by atoms with Crippen LogP contribution in [0.3, 0.4) is 0 Å². The van der Waals surface area contributed by atoms with Gasteiger partial charge < -0.3 is 9.47 Å². The predicted molar refractivity (Wildman–Crippen MR) is 185 cm³/mol. The third kappa shape index (κ3) is 5.50. The fraction of sp³-hybridized carbons (Fsp3) is 0.0556. The second kappa shape index (κ2) is 12.1. The predicted octanol–water partition coefficient (Wildman–Crippen LogP) is 6.43. The zero-order valence-electron chi connectivity index (χ0n) is 25.8. The molecular formula is C36H28N4O6S2. The first-order valence-corrected chi connectivity index (χ1v) is 17.6. The number of sulfonamides is 2. The molecule has 0 aromatic heterocycles. The third-order valence-corrected chi connectivity index (χ3v) is 11.0. The normalized spacial score (nSPS) is 13.7. The quantitative estimate of drug-likeness (QED) is 0.183. The minimum absolute atomic E-state index is 0.0499. The van der Waals surface area contributed by atoms with Crippen molar-refractivity contribution in [3.63, 3.8) is 0 Å². The molecule has 0 saturated heterocycles. The molecule has 6 aromatic rings. The van der Waals surface area contributed by atoms with Crippen LogP contribution in [0, 0.1) is 0 Å². The lowest BCUT2D eigenvalue weighted by molar-refractivity contribution is 0.414. The first kappa shape index (κ1) is 30.9. The molecule has 0 radical (unpaired) electrons. The number of amidine groups is 2. The summed E-state index contributed by atoms with van der Waals surface area (Å²) in [6.07, 6.45) is 0. The summed E-state index contributed by atoms with van der Waals surface area (Å²) in [5.74, 6) is 0.573. The lowest BCUT2D eigenvalue weighted by atomic mass is 10.1. The van der Waals surface area contributed by atoms with Crippen molar-refractivity contribution in [2.45, 2.75) is 9.79 Å². The first-order valence-electron chi connectivity index (χ1n) is 14.7. The van der Waals surface area contributed by atoms with Crippen LogP contribution < -0.4 is 9.47 Å². The van der Waals surface area contributed by atoms with E-state index in [0.717, 1.165) is 19.6 Å². The second-order valence-electron chi connectivity index (χ2n) is 10.8. The number of hydrogen-bond donors (Lipinski definition) is 0. The number of fused-ring (bicyclic) bond motifs is 2. The molecule has 10 nitrogen and oxygen atoms in total. The number of rotatable bonds is 8. The molecule has 0 atom stereocenters. The minimum atomic E-state index is -4.44. The summed E-state index contributed by atoms with van der Waals surface area (Å²) >= 11 is 0. The van der Waals surface area contributed by atoms with Crippen LogP contribution in [-0.4, -0.2) is 51.6 Å². The second-order valence-corrected chi connectivity index (χ2v) is 14.4. The molecule has 0 unspecified atom stereocenters. The van der Waals surface area contributed by atoms with Crippen LogP contribution in [0.25, 0.3) is 21.5 Å². The van der Waals surface area contributed by atoms with E-state index < -0.39 is 20.0 Å². The molecule has 1 aliphatic rings. The Balaban J connectivity index is 1.46. The molecule has 240 valence electrons. The topological polar surface area (TPSA) is 118 Å². The van der Waals surface area contributed by atoms with Crippen molar-refractivity contribution < 1.29 is 26.3 Å². The van der Waals surface area contributed by atoms with Gasteiger partial charge >= 0.3 is 0 Å². The van der Waals surface area contributed by atoms with Gasteiger partial charge in [0.25, 0.3) is 20.0 Å². The van der Waals surface area contributed by atoms with Crippen LogP contribution in [-0.2, 0) is 20.0 Å². The average molecular weight is 677 g/mol. The highest BCUT2D eigenvalue weighted by Crippen LogP contribution is 2.31. The molecule has 48 heavy (non-hydrogen) atoms. The van der Waals surface area contributed by atoms with Crippen molar-refractivity contribution in [3.8, 4) is 11.5 Å². The van der Waals surface area contributed by atoms with Gasteiger partial charge in [-0.15, -0.1) is 19.0 Å². The van der Waals surface area contributed by atoms with Crippen LogP contribution >= 0.6 is 0 Å². The van der Waals surface area contributed by atoms with Gasteiger partial charge in [0.15, 0.2) is 11.7 Å². The largest absolute Gasteiger partial charge is 0.497 e. The maximum atomic E-state index is 14.5. The van der Waals surface area contributed by atoms with Gasteiger partial charge in [0, 0.05) is 11.1 Å². The smallest absolute Gasteiger partial charge is 0.285 e. The molecule has 0 bridgehead atoms. The van der Waals surface area contributed by atoms with E-state index in [1.807, 2.05) is 48.5 Å². The number of benzene rings is 6. The summed E-state index contributed by atoms with van der Waals surface area (Å²) in [5.41, 5.74) is 0.577. The zero-order valence-corrected chi connectivity index (χ0v) is 27.4. The Hall–Kier alpha value is -5.72. The van der Waals surface area contributed by atoms with E-state index in [0.29, 0.717) is 22.3 Å². The van der Waals surface area contributed by atoms with Crippen LogP contribution in [0.2, 0.25) is 0 Å². The maximum absolute atomic E-state index is 14.5. The number of hydrogen-bond acceptors (Lipinski definition) is 8. The molecule has 0 N–H and O–H groups in total. The van der Waals surface area contributed by atoms with E-state index in [1.165, 1.54) is 26.4 Å². The van der Waals surface area contributed by atoms with Crippen molar-refractivity contribution in [1.82, 2.24) is 8.83 Å². The summed E-state index contributed by atoms with van der Waals surface area (Å²) in [7, 11) is -5.88. The van der Waals surface area contributed by atoms with E-state index in [9.17, 15) is 16.8 Å². The standard InChI is InChI=1S/C36H28N4O6S2/c1-45-31-17-11-27(12-18-31)35-37-40(48(43,44)34-22-16-26-8-4-6-10-30(26)24-34)36(28-13-19-32(46-2)20-14-28)38-39(35)47(41,42)33-21-15-25-7-3-5-9-29(25)23-33/h3-24H,1-2H3. The summed E-state index contributed by atoms with van der Waals surface area (Å²) in [6.45, 7) is 0. The summed E-state index contributed by atoms with van der Waals surface area (Å²) in [5, 5.41) is 12.3. The average Bonchev–Trinajstić information content (AvgIpc) is 3.14. The SMILES string of the molecule is COc1ccc(C2=NN(S(=O)(=O)c3ccc4ccccc4c3)C(c3ccc(OC)cc3)=NN2S(=O)(=O)c2ccc3ccccc3c2)cc1. The first-order chi connectivity index (χ1) is 23.2. The number of ether oxygens (including phenoxy) is 2. The lowest BCUT2D eigenvalue weighted by Crippen LogP contribution is -2.45. The van der Waals surface area contributed by atoms with Crippen molar-refractivity contribution >= 4 is 53.3 Å². The molecule has 0 amide bonds. The molecule has 0 saturated carbocycles. The van der Waals surface area contributed by atoms with Crippen molar-refractivity contribution in [1.29, 1.82) is 0 Å². The van der Waals surface area contributed by atoms with E-state index in [1.54, 1.807) is 72.8 Å². The van der Waals surface area contributed by atoms with Gasteiger partial charge in [0.1, 0.15) is 11.5 Å². The lowest BCUT2D eigenvalue weighted by Gasteiger charge is -2.31. The van der Waals surface area contributed by atoms with Crippen LogP contribution in [0.1, 0.15) is 11.1 Å². The Morgan fingerprint density at radius 3 is 1.17 bits per heavy atom. The van der Waals surface area contributed by atoms with Gasteiger partial charge in [0.2, 0.25) is 0 Å². The molecule has 1 heterocycles. The Morgan fingerprint density at radius 1 is 0.458 bits per heavy atom. The highest BCUT2D eigenvalue weighted by molar-refractivity contribution is 7.90. The van der Waals surface area contributed by atoms with Gasteiger partial charge in [-0.05, 0) is 94.3 Å². The van der Waals surface area contributed by atoms with Gasteiger partial charge in [-0.1, -0.05) is 60.7 Å². The Kier molecular flexibility index (Phi) is 7.82. The van der Waals surface area contributed by atoms with Crippen LogP contribution in [0.15, 0.2) is 153 Å². The number of hydrazone groups is 2. The molecule has 0 aliphatic carbocycles. The van der Waals surface area contributed by atoms with Crippen molar-refractivity contribution in [2.75, 3.05) is 14.2 Å². The highest BCUT2D eigenvalue weighted by Gasteiger charge is 2.39. The summed E-state index contributed by atoms with van der Waals surface area (Å²) < 4.78 is 70.2. The molecular weight excluding hydrogens is 649 g/mol. The highest BCUT2D eigenvalue weighted by atomic mass is 32.2. The van der Waals surface area contributed by atoms with E-state index in [-0.39, 0.29) is 32.6 Å². The molecule has 6 aromatic carbocycles. The number of nitrogens with zero attached hydrogens (tertiary/aromatic N) is 4. The molecule has 0 spiro atoms. The Labute approximate surface area is 277 Å². The molecule has 1 aliphatic heterocycles. The Morgan fingerprint density at radius 2 is 0.812 bits per heavy atom. The van der Waals surface area contributed by atoms with Gasteiger partial charge in [-0.2, -0.15) is 16.8 Å². The van der Waals surface area contributed by atoms with Gasteiger partial charge in [-0.25, -0.2) is 0 Å². The minimum Gasteiger partial charge on any atom is -0.497 e. The molecule has 12 heteroatoms. The summed E-state index contributed by atoms with van der Waals surface area (Å²) in [4.78, 5) is -0.0999. The molecule has 0 fully saturated rings. The van der Waals surface area contributed by atoms with Crippen molar-refractivity contribution in [3.05, 3.63) is 145 Å². The van der Waals surface area contributed by atoms with E-state index in [4.69, 9.17) is 9.47 Å². The summed E-state index contributed by atoms with van der Waals surface area (Å²) in [6, 6.07) is 37.1.